The molecule has 1 spiro atoms. The van der Waals surface area contributed by atoms with Gasteiger partial charge in [-0.3, -0.25) is 28.2 Å². The fraction of sp³-hybridized carbons (Fsp3) is 0.359. The summed E-state index contributed by atoms with van der Waals surface area (Å²) in [6, 6.07) is 19.3. The number of halogens is 1. The highest BCUT2D eigenvalue weighted by atomic mass is 28.4. The van der Waals surface area contributed by atoms with E-state index in [2.05, 4.69) is 10.3 Å². The van der Waals surface area contributed by atoms with E-state index in [1.165, 1.54) is 23.4 Å². The second kappa shape index (κ2) is 14.5. The van der Waals surface area contributed by atoms with Gasteiger partial charge in [0.25, 0.3) is 17.0 Å². The van der Waals surface area contributed by atoms with Crippen LogP contribution in [0.4, 0.5) is 9.80 Å². The Bertz CT molecular complexity index is 2320. The molecule has 0 saturated carbocycles. The highest BCUT2D eigenvalue weighted by Crippen LogP contribution is 2.60. The molecular weight excluding hydrogens is 712 g/mol. The Morgan fingerprint density at radius 1 is 0.926 bits per heavy atom. The molecular formula is C39H43FN6O7Si. The predicted molar refractivity (Wildman–Crippen MR) is 202 cm³/mol. The molecule has 1 N–H and O–H groups in total. The van der Waals surface area contributed by atoms with E-state index in [9.17, 15) is 14.7 Å². The Labute approximate surface area is 312 Å². The van der Waals surface area contributed by atoms with E-state index in [4.69, 9.17) is 14.2 Å². The lowest BCUT2D eigenvalue weighted by molar-refractivity contribution is -0.146. The zero-order valence-corrected chi connectivity index (χ0v) is 31.8. The van der Waals surface area contributed by atoms with Crippen LogP contribution in [-0.2, 0) is 34.6 Å². The quantitative estimate of drug-likeness (QED) is 0.144. The lowest BCUT2D eigenvalue weighted by Gasteiger charge is -2.31. The van der Waals surface area contributed by atoms with Crippen molar-refractivity contribution in [3.63, 3.8) is 0 Å². The molecule has 7 rings (SSSR count). The number of ether oxygens (including phenoxy) is 3. The van der Waals surface area contributed by atoms with E-state index in [0.717, 1.165) is 5.56 Å². The fourth-order valence-corrected chi connectivity index (χ4v) is 10.7. The first-order chi connectivity index (χ1) is 25.9. The topological polar surface area (TPSA) is 143 Å². The average Bonchev–Trinajstić information content (AvgIpc) is 3.80. The number of nitrogens with zero attached hydrogens (tertiary/aromatic N) is 6. The van der Waals surface area contributed by atoms with Crippen LogP contribution in [0.25, 0.3) is 11.4 Å². The second-order valence-corrected chi connectivity index (χ2v) is 18.1. The molecule has 0 aliphatic carbocycles. The molecule has 5 aromatic rings. The third-order valence-electron chi connectivity index (χ3n) is 10.6. The minimum absolute atomic E-state index is 0.0557. The molecule has 15 heteroatoms. The number of aliphatic hydroxyl groups is 1. The summed E-state index contributed by atoms with van der Waals surface area (Å²) in [5.74, 6) is -0.554. The minimum atomic E-state index is -3.48. The van der Waals surface area contributed by atoms with Crippen LogP contribution in [0.15, 0.2) is 94.9 Å². The Balaban J connectivity index is 1.32. The van der Waals surface area contributed by atoms with Crippen LogP contribution in [-0.4, -0.2) is 70.5 Å². The largest absolute Gasteiger partial charge is 0.491 e. The molecule has 1 saturated heterocycles. The summed E-state index contributed by atoms with van der Waals surface area (Å²) in [4.78, 5) is 43.3. The molecule has 2 aromatic carbocycles. The van der Waals surface area contributed by atoms with Gasteiger partial charge in [-0.2, -0.15) is 0 Å². The normalized spacial score (nSPS) is 20.8. The number of aryl methyl sites for hydroxylation is 1. The summed E-state index contributed by atoms with van der Waals surface area (Å²) in [7, 11) is -0.611. The zero-order valence-electron chi connectivity index (χ0n) is 30.8. The van der Waals surface area contributed by atoms with Crippen molar-refractivity contribution in [1.29, 1.82) is 0 Å². The van der Waals surface area contributed by atoms with E-state index in [0.29, 0.717) is 47.7 Å². The lowest BCUT2D eigenvalue weighted by atomic mass is 9.82. The lowest BCUT2D eigenvalue weighted by Crippen LogP contribution is -2.45. The first kappa shape index (κ1) is 37.0. The van der Waals surface area contributed by atoms with Crippen molar-refractivity contribution in [2.45, 2.75) is 63.2 Å². The zero-order chi connectivity index (χ0) is 38.4. The summed E-state index contributed by atoms with van der Waals surface area (Å²) >= 11 is 0. The van der Waals surface area contributed by atoms with Gasteiger partial charge < -0.3 is 28.3 Å². The van der Waals surface area contributed by atoms with Crippen molar-refractivity contribution in [2.75, 3.05) is 25.7 Å². The molecule has 282 valence electrons. The Morgan fingerprint density at radius 3 is 2.22 bits per heavy atom. The Hall–Kier alpha value is -5.38. The van der Waals surface area contributed by atoms with Gasteiger partial charge in [-0.25, -0.2) is 0 Å². The molecule has 1 fully saturated rings. The van der Waals surface area contributed by atoms with Gasteiger partial charge in [0.15, 0.2) is 17.1 Å². The number of fused-ring (bicyclic) bond motifs is 2. The van der Waals surface area contributed by atoms with Crippen molar-refractivity contribution in [3.8, 4) is 22.9 Å². The summed E-state index contributed by atoms with van der Waals surface area (Å²) in [6.07, 6.45) is 5.13. The Kier molecular flexibility index (Phi) is 9.89. The van der Waals surface area contributed by atoms with Crippen molar-refractivity contribution in [2.24, 2.45) is 5.92 Å². The molecule has 5 heterocycles. The number of hydrogen-bond donors (Lipinski definition) is 1. The number of methoxy groups -OCH3 is 2. The number of pyridine rings is 2. The molecule has 54 heavy (non-hydrogen) atoms. The van der Waals surface area contributed by atoms with Crippen molar-refractivity contribution < 1.29 is 28.2 Å². The second-order valence-electron chi connectivity index (χ2n) is 14.3. The number of hydrogen-bond acceptors (Lipinski definition) is 9. The van der Waals surface area contributed by atoms with Crippen LogP contribution in [0.5, 0.6) is 11.5 Å². The van der Waals surface area contributed by atoms with Gasteiger partial charge in [0.2, 0.25) is 8.41 Å². The minimum Gasteiger partial charge on any atom is -0.491 e. The number of amides is 1. The first-order valence-electron chi connectivity index (χ1n) is 17.8. The van der Waals surface area contributed by atoms with Crippen LogP contribution in [0, 0.1) is 5.92 Å². The molecule has 3 aromatic heterocycles. The highest BCUT2D eigenvalue weighted by Gasteiger charge is 2.66. The predicted octanol–water partition coefficient (Wildman–Crippen LogP) is 4.54. The maximum absolute atomic E-state index is 16.6. The van der Waals surface area contributed by atoms with Crippen LogP contribution in [0.3, 0.4) is 0 Å². The fourth-order valence-electron chi connectivity index (χ4n) is 8.20. The highest BCUT2D eigenvalue weighted by molar-refractivity contribution is 6.72. The number of carbonyl (C=O) groups excluding carboxylic acids is 1. The Morgan fingerprint density at radius 2 is 1.59 bits per heavy atom. The third kappa shape index (κ3) is 6.35. The summed E-state index contributed by atoms with van der Waals surface area (Å²) in [6.45, 7) is 5.63. The molecule has 0 unspecified atom stereocenters. The van der Waals surface area contributed by atoms with E-state index in [1.54, 1.807) is 89.8 Å². The van der Waals surface area contributed by atoms with E-state index in [-0.39, 0.29) is 41.7 Å². The van der Waals surface area contributed by atoms with E-state index in [1.807, 2.05) is 25.1 Å². The third-order valence-corrected chi connectivity index (χ3v) is 13.1. The number of carbonyl (C=O) groups is 1. The number of rotatable bonds is 12. The average molecular weight is 755 g/mol. The SMILES string of the molecule is COc1cccn(-c2cccc(CN3C(=O)[C@@]4(O[C@@H](CCn5cc(CCO)nn5)[C@H]([Si](C)(C)F)[C@H]4C)c4cc(-n5cccc(OC)c5=O)ccc43)c2)c1=O. The first-order valence-corrected chi connectivity index (χ1v) is 20.8. The summed E-state index contributed by atoms with van der Waals surface area (Å²) in [5.41, 5.74) is 0.779. The molecule has 2 aliphatic rings. The molecule has 1 amide bonds. The maximum atomic E-state index is 16.6. The van der Waals surface area contributed by atoms with E-state index >= 15 is 8.90 Å². The van der Waals surface area contributed by atoms with Crippen LogP contribution >= 0.6 is 0 Å². The van der Waals surface area contributed by atoms with Gasteiger partial charge in [0.05, 0.1) is 38.2 Å². The summed E-state index contributed by atoms with van der Waals surface area (Å²) in [5, 5.41) is 17.6. The van der Waals surface area contributed by atoms with Crippen molar-refractivity contribution in [3.05, 3.63) is 123 Å². The molecule has 4 atom stereocenters. The van der Waals surface area contributed by atoms with Gasteiger partial charge in [0.1, 0.15) is 0 Å². The number of aliphatic hydroxyl groups excluding tert-OH is 1. The van der Waals surface area contributed by atoms with Gasteiger partial charge in [-0.15, -0.1) is 5.10 Å². The molecule has 2 aliphatic heterocycles. The molecule has 0 bridgehead atoms. The standard InChI is InChI=1S/C39H43FN6O7Si/c1-25-35(54(4,5)40)32(15-19-43-24-27(16-20-47)41-42-43)53-39(25)30-22-29(45-18-8-12-34(52-3)37(45)49)13-14-31(30)46(38(39)50)23-26-9-6-10-28(21-26)44-17-7-11-33(51-2)36(44)48/h6-14,17-18,21-22,24-25,32,35,47H,15-16,19-20,23H2,1-5H3/t25-,32+,35-,39+/m1/s1. The van der Waals surface area contributed by atoms with Crippen LogP contribution < -0.4 is 25.5 Å². The smallest absolute Gasteiger partial charge is 0.297 e. The molecule has 0 radical (unpaired) electrons. The number of aromatic nitrogens is 5. The number of anilines is 1. The van der Waals surface area contributed by atoms with Gasteiger partial charge in [-0.1, -0.05) is 24.3 Å². The monoisotopic (exact) mass is 754 g/mol. The van der Waals surface area contributed by atoms with Crippen LogP contribution in [0.1, 0.15) is 30.2 Å². The van der Waals surface area contributed by atoms with Gasteiger partial charge >= 0.3 is 0 Å². The van der Waals surface area contributed by atoms with Gasteiger partial charge in [-0.05, 0) is 79.7 Å². The number of benzene rings is 2. The van der Waals surface area contributed by atoms with Gasteiger partial charge in [0, 0.05) is 66.6 Å². The van der Waals surface area contributed by atoms with E-state index < -0.39 is 31.6 Å². The molecule has 13 nitrogen and oxygen atoms in total. The maximum Gasteiger partial charge on any atom is 0.297 e. The van der Waals surface area contributed by atoms with Crippen LogP contribution in [0.2, 0.25) is 18.6 Å². The van der Waals surface area contributed by atoms with Crippen molar-refractivity contribution in [1.82, 2.24) is 24.1 Å². The van der Waals surface area contributed by atoms with Crippen molar-refractivity contribution >= 4 is 20.0 Å². The summed E-state index contributed by atoms with van der Waals surface area (Å²) < 4.78 is 38.7.